The Hall–Kier alpha value is -2.09. The normalized spacial score (nSPS) is 13.4. The van der Waals surface area contributed by atoms with Gasteiger partial charge in [-0.25, -0.2) is 4.98 Å². The number of benzene rings is 1. The van der Waals surface area contributed by atoms with Crippen LogP contribution in [0.4, 0.5) is 0 Å². The van der Waals surface area contributed by atoms with Gasteiger partial charge in [0.2, 0.25) is 0 Å². The van der Waals surface area contributed by atoms with Crippen molar-refractivity contribution in [2.24, 2.45) is 7.05 Å². The summed E-state index contributed by atoms with van der Waals surface area (Å²) in [4.78, 5) is 19.8. The number of fused-ring (bicyclic) bond motifs is 3. The van der Waals surface area contributed by atoms with E-state index in [0.29, 0.717) is 15.9 Å². The van der Waals surface area contributed by atoms with Crippen LogP contribution in [0, 0.1) is 0 Å². The highest BCUT2D eigenvalue weighted by Crippen LogP contribution is 2.35. The van der Waals surface area contributed by atoms with E-state index in [4.69, 9.17) is 21.1 Å². The van der Waals surface area contributed by atoms with Crippen molar-refractivity contribution in [1.82, 2.24) is 14.7 Å². The lowest BCUT2D eigenvalue weighted by atomic mass is 10.1. The number of thiophene rings is 1. The molecule has 0 unspecified atom stereocenters. The van der Waals surface area contributed by atoms with Crippen molar-refractivity contribution >= 4 is 44.9 Å². The van der Waals surface area contributed by atoms with Gasteiger partial charge >= 0.3 is 0 Å². The Kier molecular flexibility index (Phi) is 4.53. The van der Waals surface area contributed by atoms with Crippen molar-refractivity contribution in [3.05, 3.63) is 61.9 Å². The van der Waals surface area contributed by atoms with Crippen molar-refractivity contribution < 1.29 is 4.52 Å². The van der Waals surface area contributed by atoms with Crippen LogP contribution in [0.2, 0.25) is 5.02 Å². The summed E-state index contributed by atoms with van der Waals surface area (Å²) < 4.78 is 7.11. The summed E-state index contributed by atoms with van der Waals surface area (Å²) in [6, 6.07) is 9.38. The fraction of sp³-hybridized carbons (Fsp3) is 0.250. The Labute approximate surface area is 174 Å². The molecule has 0 saturated carbocycles. The fourth-order valence-corrected chi connectivity index (χ4v) is 5.78. The number of hydrogen-bond acceptors (Lipinski definition) is 6. The highest BCUT2D eigenvalue weighted by atomic mass is 35.5. The number of halogens is 1. The first kappa shape index (κ1) is 18.0. The van der Waals surface area contributed by atoms with E-state index < -0.39 is 0 Å². The minimum Gasteiger partial charge on any atom is -0.360 e. The van der Waals surface area contributed by atoms with Crippen molar-refractivity contribution in [3.8, 4) is 11.3 Å². The molecule has 1 aliphatic carbocycles. The third kappa shape index (κ3) is 3.07. The van der Waals surface area contributed by atoms with Gasteiger partial charge in [0, 0.05) is 28.6 Å². The first-order valence-corrected chi connectivity index (χ1v) is 11.1. The predicted octanol–water partition coefficient (Wildman–Crippen LogP) is 5.08. The number of aryl methyl sites for hydroxylation is 2. The lowest BCUT2D eigenvalue weighted by Crippen LogP contribution is -2.20. The minimum absolute atomic E-state index is 0.0475. The molecule has 0 saturated heterocycles. The Balaban J connectivity index is 1.40. The van der Waals surface area contributed by atoms with E-state index in [9.17, 15) is 4.79 Å². The SMILES string of the molecule is Cn1c(SCc2cc(-c3ccc(Cl)cc3)no2)nc2sc3c(c2c1=O)CCC3. The molecule has 4 aromatic rings. The van der Waals surface area contributed by atoms with Crippen LogP contribution in [0.5, 0.6) is 0 Å². The first-order chi connectivity index (χ1) is 13.6. The van der Waals surface area contributed by atoms with Crippen molar-refractivity contribution in [2.45, 2.75) is 30.2 Å². The fourth-order valence-electron chi connectivity index (χ4n) is 3.51. The molecule has 0 aliphatic heterocycles. The predicted molar refractivity (Wildman–Crippen MR) is 113 cm³/mol. The summed E-state index contributed by atoms with van der Waals surface area (Å²) in [5, 5.41) is 6.33. The highest BCUT2D eigenvalue weighted by molar-refractivity contribution is 7.98. The molecule has 0 amide bonds. The van der Waals surface area contributed by atoms with E-state index in [1.54, 1.807) is 23.0 Å². The number of thioether (sulfide) groups is 1. The second kappa shape index (κ2) is 7.06. The molecule has 0 atom stereocenters. The maximum Gasteiger partial charge on any atom is 0.262 e. The molecule has 0 bridgehead atoms. The van der Waals surface area contributed by atoms with Gasteiger partial charge in [-0.15, -0.1) is 11.3 Å². The maximum absolute atomic E-state index is 12.9. The summed E-state index contributed by atoms with van der Waals surface area (Å²) in [7, 11) is 1.79. The smallest absolute Gasteiger partial charge is 0.262 e. The van der Waals surface area contributed by atoms with Crippen molar-refractivity contribution in [1.29, 1.82) is 0 Å². The van der Waals surface area contributed by atoms with Gasteiger partial charge < -0.3 is 4.52 Å². The van der Waals surface area contributed by atoms with Gasteiger partial charge in [-0.3, -0.25) is 9.36 Å². The molecule has 142 valence electrons. The zero-order valence-electron chi connectivity index (χ0n) is 15.1. The molecule has 0 spiro atoms. The second-order valence-electron chi connectivity index (χ2n) is 6.77. The average molecular weight is 430 g/mol. The molecule has 0 fully saturated rings. The van der Waals surface area contributed by atoms with E-state index in [0.717, 1.165) is 46.5 Å². The molecule has 3 heterocycles. The van der Waals surface area contributed by atoms with Crippen LogP contribution in [0.1, 0.15) is 22.6 Å². The van der Waals surface area contributed by atoms with E-state index in [1.165, 1.54) is 22.2 Å². The standard InChI is InChI=1S/C20H16ClN3O2S2/c1-24-19(25)17-14-3-2-4-16(14)28-18(17)22-20(24)27-10-13-9-15(23-26-13)11-5-7-12(21)8-6-11/h5-9H,2-4,10H2,1H3. The third-order valence-electron chi connectivity index (χ3n) is 4.95. The van der Waals surface area contributed by atoms with Gasteiger partial charge in [0.25, 0.3) is 5.56 Å². The molecule has 8 heteroatoms. The van der Waals surface area contributed by atoms with Crippen molar-refractivity contribution in [3.63, 3.8) is 0 Å². The van der Waals surface area contributed by atoms with Crippen LogP contribution in [-0.4, -0.2) is 14.7 Å². The lowest BCUT2D eigenvalue weighted by Gasteiger charge is -2.06. The maximum atomic E-state index is 12.9. The first-order valence-electron chi connectivity index (χ1n) is 8.96. The van der Waals surface area contributed by atoms with Crippen molar-refractivity contribution in [2.75, 3.05) is 0 Å². The number of aromatic nitrogens is 3. The van der Waals surface area contributed by atoms with E-state index >= 15 is 0 Å². The van der Waals surface area contributed by atoms with Gasteiger partial charge in [0.15, 0.2) is 5.16 Å². The number of rotatable bonds is 4. The van der Waals surface area contributed by atoms with Crippen LogP contribution >= 0.6 is 34.7 Å². The molecule has 1 aliphatic rings. The molecule has 3 aromatic heterocycles. The summed E-state index contributed by atoms with van der Waals surface area (Å²) in [5.41, 5.74) is 2.97. The molecule has 1 aromatic carbocycles. The van der Waals surface area contributed by atoms with Gasteiger partial charge in [-0.1, -0.05) is 40.7 Å². The third-order valence-corrected chi connectivity index (χ3v) is 7.44. The molecule has 28 heavy (non-hydrogen) atoms. The van der Waals surface area contributed by atoms with Gasteiger partial charge in [-0.2, -0.15) is 0 Å². The number of hydrogen-bond donors (Lipinski definition) is 0. The van der Waals surface area contributed by atoms with Gasteiger partial charge in [-0.05, 0) is 37.0 Å². The summed E-state index contributed by atoms with van der Waals surface area (Å²) in [6.45, 7) is 0. The Morgan fingerprint density at radius 1 is 1.29 bits per heavy atom. The average Bonchev–Trinajstić information content (AvgIpc) is 3.40. The van der Waals surface area contributed by atoms with Crippen LogP contribution in [0.25, 0.3) is 21.5 Å². The lowest BCUT2D eigenvalue weighted by molar-refractivity contribution is 0.397. The molecular weight excluding hydrogens is 414 g/mol. The Morgan fingerprint density at radius 3 is 2.93 bits per heavy atom. The summed E-state index contributed by atoms with van der Waals surface area (Å²) in [5.74, 6) is 1.29. The molecule has 5 nitrogen and oxygen atoms in total. The zero-order valence-corrected chi connectivity index (χ0v) is 17.5. The van der Waals surface area contributed by atoms with E-state index in [-0.39, 0.29) is 5.56 Å². The Bertz CT molecular complexity index is 1240. The Morgan fingerprint density at radius 2 is 2.11 bits per heavy atom. The van der Waals surface area contributed by atoms with Crippen LogP contribution < -0.4 is 5.56 Å². The van der Waals surface area contributed by atoms with E-state index in [1.807, 2.05) is 30.3 Å². The summed E-state index contributed by atoms with van der Waals surface area (Å²) in [6.07, 6.45) is 3.19. The molecular formula is C20H16ClN3O2S2. The second-order valence-corrected chi connectivity index (χ2v) is 9.23. The van der Waals surface area contributed by atoms with Crippen LogP contribution in [-0.2, 0) is 25.6 Å². The summed E-state index contributed by atoms with van der Waals surface area (Å²) >= 11 is 9.08. The van der Waals surface area contributed by atoms with Gasteiger partial charge in [0.05, 0.1) is 11.1 Å². The highest BCUT2D eigenvalue weighted by Gasteiger charge is 2.22. The topological polar surface area (TPSA) is 60.9 Å². The minimum atomic E-state index is 0.0475. The van der Waals surface area contributed by atoms with Crippen LogP contribution in [0.3, 0.4) is 0 Å². The number of nitrogens with zero attached hydrogens (tertiary/aromatic N) is 3. The van der Waals surface area contributed by atoms with Gasteiger partial charge in [0.1, 0.15) is 16.3 Å². The van der Waals surface area contributed by atoms with E-state index in [2.05, 4.69) is 5.16 Å². The molecule has 0 radical (unpaired) electrons. The zero-order chi connectivity index (χ0) is 19.3. The largest absolute Gasteiger partial charge is 0.360 e. The monoisotopic (exact) mass is 429 g/mol. The molecule has 5 rings (SSSR count). The molecule has 0 N–H and O–H groups in total. The van der Waals surface area contributed by atoms with Crippen LogP contribution in [0.15, 0.2) is 44.8 Å². The quantitative estimate of drug-likeness (QED) is 0.334.